The zero-order valence-electron chi connectivity index (χ0n) is 8.90. The van der Waals surface area contributed by atoms with Crippen molar-refractivity contribution in [2.45, 2.75) is 18.8 Å². The van der Waals surface area contributed by atoms with Gasteiger partial charge < -0.3 is 9.14 Å². The Morgan fingerprint density at radius 2 is 2.44 bits per heavy atom. The van der Waals surface area contributed by atoms with E-state index in [2.05, 4.69) is 31.5 Å². The molecule has 0 radical (unpaired) electrons. The van der Waals surface area contributed by atoms with Crippen molar-refractivity contribution in [3.8, 4) is 0 Å². The minimum Gasteiger partial charge on any atom is -0.381 e. The summed E-state index contributed by atoms with van der Waals surface area (Å²) in [5.41, 5.74) is 2.13. The van der Waals surface area contributed by atoms with Gasteiger partial charge in [-0.3, -0.25) is 0 Å². The molecule has 1 aliphatic rings. The van der Waals surface area contributed by atoms with Crippen molar-refractivity contribution in [2.24, 2.45) is 0 Å². The lowest BCUT2D eigenvalue weighted by Gasteiger charge is -2.19. The van der Waals surface area contributed by atoms with Gasteiger partial charge in [0.2, 0.25) is 0 Å². The number of ether oxygens (including phenoxy) is 1. The van der Waals surface area contributed by atoms with Crippen molar-refractivity contribution >= 4 is 21.6 Å². The van der Waals surface area contributed by atoms with Gasteiger partial charge in [-0.15, -0.1) is 0 Å². The van der Waals surface area contributed by atoms with Gasteiger partial charge in [-0.1, -0.05) is 0 Å². The van der Waals surface area contributed by atoms with Gasteiger partial charge in [0.25, 0.3) is 0 Å². The van der Waals surface area contributed by atoms with Gasteiger partial charge in [-0.2, -0.15) is 0 Å². The fraction of sp³-hybridized carbons (Fsp3) is 0.417. The molecule has 1 atom stereocenters. The molecule has 0 bridgehead atoms. The van der Waals surface area contributed by atoms with Gasteiger partial charge in [0.05, 0.1) is 16.8 Å². The van der Waals surface area contributed by atoms with Crippen LogP contribution in [0.4, 0.5) is 0 Å². The van der Waals surface area contributed by atoms with E-state index in [0.29, 0.717) is 5.92 Å². The first-order valence-corrected chi connectivity index (χ1v) is 6.35. The molecule has 3 heterocycles. The Morgan fingerprint density at radius 3 is 3.19 bits per heavy atom. The molecule has 1 saturated heterocycles. The van der Waals surface area contributed by atoms with Gasteiger partial charge in [0.15, 0.2) is 5.65 Å². The molecular formula is C12H13BrN2O. The van der Waals surface area contributed by atoms with Crippen LogP contribution in [0, 0.1) is 0 Å². The third-order valence-electron chi connectivity index (χ3n) is 3.03. The first-order valence-electron chi connectivity index (χ1n) is 5.55. The predicted octanol–water partition coefficient (Wildman–Crippen LogP) is 2.99. The van der Waals surface area contributed by atoms with E-state index in [1.165, 1.54) is 6.42 Å². The summed E-state index contributed by atoms with van der Waals surface area (Å²) in [6, 6.07) is 4.03. The van der Waals surface area contributed by atoms with Crippen molar-refractivity contribution in [1.82, 2.24) is 9.38 Å². The molecule has 0 saturated carbocycles. The lowest BCUT2D eigenvalue weighted by molar-refractivity contribution is 0.0794. The van der Waals surface area contributed by atoms with E-state index >= 15 is 0 Å². The maximum absolute atomic E-state index is 5.50. The molecule has 0 spiro atoms. The third-order valence-corrected chi connectivity index (χ3v) is 3.65. The van der Waals surface area contributed by atoms with Crippen LogP contribution in [-0.2, 0) is 4.74 Å². The predicted molar refractivity (Wildman–Crippen MR) is 65.7 cm³/mol. The number of halogens is 1. The van der Waals surface area contributed by atoms with Gasteiger partial charge in [-0.25, -0.2) is 4.98 Å². The fourth-order valence-corrected chi connectivity index (χ4v) is 2.61. The Morgan fingerprint density at radius 1 is 1.50 bits per heavy atom. The molecule has 3 rings (SSSR count). The fourth-order valence-electron chi connectivity index (χ4n) is 2.17. The highest BCUT2D eigenvalue weighted by molar-refractivity contribution is 9.10. The third kappa shape index (κ3) is 1.76. The van der Waals surface area contributed by atoms with Crippen LogP contribution in [0.15, 0.2) is 29.0 Å². The van der Waals surface area contributed by atoms with E-state index in [1.54, 1.807) is 0 Å². The second kappa shape index (κ2) is 4.18. The first-order chi connectivity index (χ1) is 7.84. The van der Waals surface area contributed by atoms with Crippen LogP contribution < -0.4 is 0 Å². The second-order valence-corrected chi connectivity index (χ2v) is 5.02. The maximum Gasteiger partial charge on any atom is 0.151 e. The maximum atomic E-state index is 5.50. The number of pyridine rings is 1. The number of fused-ring (bicyclic) bond motifs is 1. The van der Waals surface area contributed by atoms with Gasteiger partial charge >= 0.3 is 0 Å². The molecule has 84 valence electrons. The van der Waals surface area contributed by atoms with Gasteiger partial charge in [-0.05, 0) is 40.9 Å². The molecule has 4 heteroatoms. The Kier molecular flexibility index (Phi) is 2.69. The summed E-state index contributed by atoms with van der Waals surface area (Å²) in [6.45, 7) is 1.70. The molecule has 0 N–H and O–H groups in total. The Labute approximate surface area is 103 Å². The number of nitrogens with zero attached hydrogens (tertiary/aromatic N) is 2. The smallest absolute Gasteiger partial charge is 0.151 e. The van der Waals surface area contributed by atoms with E-state index < -0.39 is 0 Å². The summed E-state index contributed by atoms with van der Waals surface area (Å²) in [6.07, 6.45) is 6.46. The minimum absolute atomic E-state index is 0.459. The number of hydrogen-bond acceptors (Lipinski definition) is 2. The van der Waals surface area contributed by atoms with Crippen LogP contribution in [0.3, 0.4) is 0 Å². The Balaban J connectivity index is 2.01. The van der Waals surface area contributed by atoms with Crippen LogP contribution in [0.2, 0.25) is 0 Å². The number of aromatic nitrogens is 2. The van der Waals surface area contributed by atoms with Crippen LogP contribution in [0.25, 0.3) is 5.65 Å². The number of rotatable bonds is 1. The zero-order chi connectivity index (χ0) is 11.0. The molecule has 16 heavy (non-hydrogen) atoms. The molecule has 3 nitrogen and oxygen atoms in total. The molecule has 2 aromatic rings. The van der Waals surface area contributed by atoms with Gasteiger partial charge in [0.1, 0.15) is 0 Å². The monoisotopic (exact) mass is 280 g/mol. The number of imidazole rings is 1. The Bertz CT molecular complexity index is 503. The molecule has 2 aromatic heterocycles. The normalized spacial score (nSPS) is 21.4. The largest absolute Gasteiger partial charge is 0.381 e. The molecule has 0 amide bonds. The van der Waals surface area contributed by atoms with E-state index in [0.717, 1.165) is 35.4 Å². The summed E-state index contributed by atoms with van der Waals surface area (Å²) >= 11 is 3.52. The van der Waals surface area contributed by atoms with Crippen LogP contribution >= 0.6 is 15.9 Å². The van der Waals surface area contributed by atoms with E-state index in [4.69, 9.17) is 4.74 Å². The lowest BCUT2D eigenvalue weighted by atomic mass is 9.99. The SMILES string of the molecule is Brc1cccn2cc(C3CCCOC3)nc12. The quantitative estimate of drug-likeness (QED) is 0.803. The molecular weight excluding hydrogens is 268 g/mol. The van der Waals surface area contributed by atoms with E-state index in [9.17, 15) is 0 Å². The summed E-state index contributed by atoms with van der Waals surface area (Å²) in [5.74, 6) is 0.459. The highest BCUT2D eigenvalue weighted by atomic mass is 79.9. The van der Waals surface area contributed by atoms with Crippen molar-refractivity contribution in [3.05, 3.63) is 34.7 Å². The van der Waals surface area contributed by atoms with E-state index in [1.807, 2.05) is 18.3 Å². The average Bonchev–Trinajstić information content (AvgIpc) is 2.76. The lowest BCUT2D eigenvalue weighted by Crippen LogP contribution is -2.15. The van der Waals surface area contributed by atoms with Crippen molar-refractivity contribution in [1.29, 1.82) is 0 Å². The van der Waals surface area contributed by atoms with Crippen LogP contribution in [-0.4, -0.2) is 22.6 Å². The van der Waals surface area contributed by atoms with Gasteiger partial charge in [0, 0.05) is 24.9 Å². The first kappa shape index (κ1) is 10.3. The van der Waals surface area contributed by atoms with Crippen molar-refractivity contribution in [2.75, 3.05) is 13.2 Å². The summed E-state index contributed by atoms with van der Waals surface area (Å²) < 4.78 is 8.61. The zero-order valence-corrected chi connectivity index (χ0v) is 10.5. The summed E-state index contributed by atoms with van der Waals surface area (Å²) in [7, 11) is 0. The average molecular weight is 281 g/mol. The molecule has 1 aliphatic heterocycles. The van der Waals surface area contributed by atoms with Crippen molar-refractivity contribution in [3.63, 3.8) is 0 Å². The number of hydrogen-bond donors (Lipinski definition) is 0. The van der Waals surface area contributed by atoms with E-state index in [-0.39, 0.29) is 0 Å². The molecule has 0 aromatic carbocycles. The highest BCUT2D eigenvalue weighted by Gasteiger charge is 2.19. The second-order valence-electron chi connectivity index (χ2n) is 4.17. The van der Waals surface area contributed by atoms with Crippen LogP contribution in [0.1, 0.15) is 24.5 Å². The van der Waals surface area contributed by atoms with Crippen molar-refractivity contribution < 1.29 is 4.74 Å². The molecule has 1 unspecified atom stereocenters. The highest BCUT2D eigenvalue weighted by Crippen LogP contribution is 2.26. The summed E-state index contributed by atoms with van der Waals surface area (Å²) in [5, 5.41) is 0. The molecule has 1 fully saturated rings. The molecule has 0 aliphatic carbocycles. The topological polar surface area (TPSA) is 26.5 Å². The summed E-state index contributed by atoms with van der Waals surface area (Å²) in [4.78, 5) is 4.67. The van der Waals surface area contributed by atoms with Crippen LogP contribution in [0.5, 0.6) is 0 Å². The Hall–Kier alpha value is -0.870. The minimum atomic E-state index is 0.459. The standard InChI is InChI=1S/C12H13BrN2O/c13-10-4-1-5-15-7-11(14-12(10)15)9-3-2-6-16-8-9/h1,4-5,7,9H,2-3,6,8H2.